The minimum atomic E-state index is -4.13. The van der Waals surface area contributed by atoms with Crippen LogP contribution in [0.2, 0.25) is 0 Å². The summed E-state index contributed by atoms with van der Waals surface area (Å²) in [7, 11) is -2.69. The first kappa shape index (κ1) is 18.8. The third-order valence-corrected chi connectivity index (χ3v) is 6.31. The van der Waals surface area contributed by atoms with Gasteiger partial charge in [0.1, 0.15) is 11.8 Å². The summed E-state index contributed by atoms with van der Waals surface area (Å²) in [6.07, 6.45) is -0.0714. The topological polar surface area (TPSA) is 127 Å². The lowest BCUT2D eigenvalue weighted by Crippen LogP contribution is -2.48. The van der Waals surface area contributed by atoms with E-state index in [4.69, 9.17) is 4.74 Å². The van der Waals surface area contributed by atoms with Gasteiger partial charge in [0, 0.05) is 25.1 Å². The van der Waals surface area contributed by atoms with Crippen LogP contribution in [0.4, 0.5) is 5.69 Å². The molecule has 3 rings (SSSR count). The van der Waals surface area contributed by atoms with E-state index in [0.29, 0.717) is 16.9 Å². The number of nitro groups is 1. The number of nitro benzene ring substituents is 1. The number of rotatable bonds is 5. The van der Waals surface area contributed by atoms with E-state index < -0.39 is 27.0 Å². The zero-order valence-electron chi connectivity index (χ0n) is 14.2. The molecule has 1 aliphatic heterocycles. The molecule has 27 heavy (non-hydrogen) atoms. The molecule has 1 unspecified atom stereocenters. The lowest BCUT2D eigenvalue weighted by molar-refractivity contribution is -0.385. The molecule has 0 spiro atoms. The standard InChI is InChI=1S/C17H16N2O7S/c1-26-14-4-6-15(7-5-14)27(24,25)18-10-12-8-13(19(22)23)3-2-11(12)9-16(18)17(20)21/h2-8,16H,9-10H2,1H3,(H,20,21). The number of carboxylic acid groups (broad SMARTS) is 1. The third kappa shape index (κ3) is 3.49. The van der Waals surface area contributed by atoms with E-state index in [2.05, 4.69) is 0 Å². The molecular formula is C17H16N2O7S. The van der Waals surface area contributed by atoms with Gasteiger partial charge >= 0.3 is 5.97 Å². The fraction of sp³-hybridized carbons (Fsp3) is 0.235. The number of nitrogens with zero attached hydrogens (tertiary/aromatic N) is 2. The van der Waals surface area contributed by atoms with Crippen LogP contribution in [0, 0.1) is 10.1 Å². The van der Waals surface area contributed by atoms with Crippen molar-refractivity contribution in [3.63, 3.8) is 0 Å². The molecule has 0 aliphatic carbocycles. The van der Waals surface area contributed by atoms with Crippen molar-refractivity contribution < 1.29 is 28.0 Å². The van der Waals surface area contributed by atoms with Crippen molar-refractivity contribution >= 4 is 21.7 Å². The molecule has 2 aromatic rings. The fourth-order valence-electron chi connectivity index (χ4n) is 3.01. The molecule has 0 amide bonds. The van der Waals surface area contributed by atoms with E-state index in [0.717, 1.165) is 4.31 Å². The summed E-state index contributed by atoms with van der Waals surface area (Å²) in [4.78, 5) is 22.0. The second kappa shape index (κ2) is 6.97. The third-order valence-electron chi connectivity index (χ3n) is 4.44. The molecule has 1 aliphatic rings. The van der Waals surface area contributed by atoms with Gasteiger partial charge in [0.2, 0.25) is 10.0 Å². The van der Waals surface area contributed by atoms with Gasteiger partial charge < -0.3 is 9.84 Å². The molecule has 0 saturated carbocycles. The average molecular weight is 392 g/mol. The van der Waals surface area contributed by atoms with Crippen molar-refractivity contribution in [2.75, 3.05) is 7.11 Å². The maximum Gasteiger partial charge on any atom is 0.322 e. The maximum atomic E-state index is 13.0. The molecule has 1 atom stereocenters. The molecule has 0 fully saturated rings. The molecule has 10 heteroatoms. The molecule has 9 nitrogen and oxygen atoms in total. The Labute approximate surface area is 155 Å². The Balaban J connectivity index is 2.04. The molecular weight excluding hydrogens is 376 g/mol. The quantitative estimate of drug-likeness (QED) is 0.607. The number of aliphatic carboxylic acids is 1. The van der Waals surface area contributed by atoms with Crippen molar-refractivity contribution in [1.82, 2.24) is 4.31 Å². The van der Waals surface area contributed by atoms with Crippen molar-refractivity contribution in [3.05, 3.63) is 63.7 Å². The number of fused-ring (bicyclic) bond motifs is 1. The van der Waals surface area contributed by atoms with E-state index in [1.807, 2.05) is 0 Å². The average Bonchev–Trinajstić information content (AvgIpc) is 2.66. The number of hydrogen-bond acceptors (Lipinski definition) is 6. The summed E-state index contributed by atoms with van der Waals surface area (Å²) in [5, 5.41) is 20.5. The van der Waals surface area contributed by atoms with Gasteiger partial charge in [0.25, 0.3) is 5.69 Å². The summed E-state index contributed by atoms with van der Waals surface area (Å²) in [6.45, 7) is -0.262. The van der Waals surface area contributed by atoms with Crippen LogP contribution in [0.3, 0.4) is 0 Å². The van der Waals surface area contributed by atoms with Crippen LogP contribution in [-0.4, -0.2) is 41.9 Å². The van der Waals surface area contributed by atoms with Crippen molar-refractivity contribution in [2.45, 2.75) is 23.9 Å². The number of benzene rings is 2. The van der Waals surface area contributed by atoms with Gasteiger partial charge in [-0.2, -0.15) is 4.31 Å². The second-order valence-corrected chi connectivity index (χ2v) is 7.88. The molecule has 1 heterocycles. The van der Waals surface area contributed by atoms with Gasteiger partial charge in [0.15, 0.2) is 0 Å². The highest BCUT2D eigenvalue weighted by molar-refractivity contribution is 7.89. The number of methoxy groups -OCH3 is 1. The largest absolute Gasteiger partial charge is 0.497 e. The van der Waals surface area contributed by atoms with Crippen LogP contribution in [0.15, 0.2) is 47.4 Å². The van der Waals surface area contributed by atoms with Gasteiger partial charge in [-0.05, 0) is 35.4 Å². The molecule has 0 saturated heterocycles. The summed E-state index contributed by atoms with van der Waals surface area (Å²) >= 11 is 0. The van der Waals surface area contributed by atoms with Crippen LogP contribution >= 0.6 is 0 Å². The summed E-state index contributed by atoms with van der Waals surface area (Å²) in [6, 6.07) is 8.32. The van der Waals surface area contributed by atoms with Gasteiger partial charge in [-0.1, -0.05) is 6.07 Å². The number of carboxylic acids is 1. The van der Waals surface area contributed by atoms with Crippen LogP contribution in [0.5, 0.6) is 5.75 Å². The van der Waals surface area contributed by atoms with Crippen LogP contribution in [-0.2, 0) is 27.8 Å². The maximum absolute atomic E-state index is 13.0. The molecule has 142 valence electrons. The molecule has 1 N–H and O–H groups in total. The van der Waals surface area contributed by atoms with E-state index in [1.54, 1.807) is 0 Å². The smallest absolute Gasteiger partial charge is 0.322 e. The monoisotopic (exact) mass is 392 g/mol. The summed E-state index contributed by atoms with van der Waals surface area (Å²) in [5.74, 6) is -0.820. The minimum absolute atomic E-state index is 0.0714. The highest BCUT2D eigenvalue weighted by Gasteiger charge is 2.40. The molecule has 0 bridgehead atoms. The van der Waals surface area contributed by atoms with Gasteiger partial charge in [-0.15, -0.1) is 0 Å². The molecule has 2 aromatic carbocycles. The van der Waals surface area contributed by atoms with Crippen molar-refractivity contribution in [3.8, 4) is 5.75 Å². The van der Waals surface area contributed by atoms with Crippen LogP contribution in [0.1, 0.15) is 11.1 Å². The minimum Gasteiger partial charge on any atom is -0.497 e. The number of hydrogen-bond donors (Lipinski definition) is 1. The zero-order chi connectivity index (χ0) is 19.8. The van der Waals surface area contributed by atoms with Gasteiger partial charge in [0.05, 0.1) is 16.9 Å². The molecule has 0 radical (unpaired) electrons. The SMILES string of the molecule is COc1ccc(S(=O)(=O)N2Cc3cc([N+](=O)[O-])ccc3CC2C(=O)O)cc1. The van der Waals surface area contributed by atoms with Crippen LogP contribution in [0.25, 0.3) is 0 Å². The highest BCUT2D eigenvalue weighted by Crippen LogP contribution is 2.31. The van der Waals surface area contributed by atoms with Crippen LogP contribution < -0.4 is 4.74 Å². The summed E-state index contributed by atoms with van der Waals surface area (Å²) < 4.78 is 31.9. The van der Waals surface area contributed by atoms with Crippen molar-refractivity contribution in [1.29, 1.82) is 0 Å². The van der Waals surface area contributed by atoms with E-state index in [-0.39, 0.29) is 23.5 Å². The number of carbonyl (C=O) groups is 1. The second-order valence-electron chi connectivity index (χ2n) is 5.99. The lowest BCUT2D eigenvalue weighted by Gasteiger charge is -2.33. The van der Waals surface area contributed by atoms with E-state index in [9.17, 15) is 28.4 Å². The van der Waals surface area contributed by atoms with E-state index in [1.165, 1.54) is 49.6 Å². The first-order valence-electron chi connectivity index (χ1n) is 7.89. The predicted octanol–water partition coefficient (Wildman–Crippen LogP) is 1.80. The Morgan fingerprint density at radius 3 is 2.44 bits per heavy atom. The summed E-state index contributed by atoms with van der Waals surface area (Å²) in [5.41, 5.74) is 0.817. The van der Waals surface area contributed by atoms with Gasteiger partial charge in [-0.25, -0.2) is 8.42 Å². The normalized spacial score (nSPS) is 17.1. The Morgan fingerprint density at radius 2 is 1.89 bits per heavy atom. The number of non-ortho nitro benzene ring substituents is 1. The Kier molecular flexibility index (Phi) is 4.85. The fourth-order valence-corrected chi connectivity index (χ4v) is 4.57. The van der Waals surface area contributed by atoms with Crippen molar-refractivity contribution in [2.24, 2.45) is 0 Å². The Morgan fingerprint density at radius 1 is 1.22 bits per heavy atom. The number of sulfonamides is 1. The first-order valence-corrected chi connectivity index (χ1v) is 9.33. The zero-order valence-corrected chi connectivity index (χ0v) is 15.0. The predicted molar refractivity (Wildman–Crippen MR) is 93.9 cm³/mol. The highest BCUT2D eigenvalue weighted by atomic mass is 32.2. The van der Waals surface area contributed by atoms with Gasteiger partial charge in [-0.3, -0.25) is 14.9 Å². The Bertz CT molecular complexity index is 1000. The Hall–Kier alpha value is -2.98. The lowest BCUT2D eigenvalue weighted by atomic mass is 9.95. The molecule has 0 aromatic heterocycles. The first-order chi connectivity index (χ1) is 12.7. The van der Waals surface area contributed by atoms with E-state index >= 15 is 0 Å². The number of ether oxygens (including phenoxy) is 1.